The normalized spacial score (nSPS) is 9.64. The smallest absolute Gasteiger partial charge is 0.0146 e. The van der Waals surface area contributed by atoms with E-state index in [4.69, 9.17) is 0 Å². The molecule has 0 heterocycles. The molecule has 0 atom stereocenters. The fraction of sp³-hybridized carbons (Fsp3) is 0.692. The molecular weight excluding hydrogens is 245 g/mol. The molecule has 0 aromatic heterocycles. The first-order valence-corrected chi connectivity index (χ1v) is 4.89. The van der Waals surface area contributed by atoms with Gasteiger partial charge >= 0.3 is 0 Å². The van der Waals surface area contributed by atoms with Gasteiger partial charge in [-0.3, -0.25) is 5.57 Å². The molecule has 0 unspecified atom stereocenters. The molecule has 0 aliphatic heterocycles. The fourth-order valence-electron chi connectivity index (χ4n) is 0.577. The van der Waals surface area contributed by atoms with Crippen molar-refractivity contribution in [1.82, 2.24) is 0 Å². The molecule has 0 fully saturated rings. The second-order valence-corrected chi connectivity index (χ2v) is 3.64. The molecule has 0 amide bonds. The minimum atomic E-state index is 0. The average molecular weight is 268 g/mol. The first kappa shape index (κ1) is 19.9. The summed E-state index contributed by atoms with van der Waals surface area (Å²) < 4.78 is 0. The SMILES string of the molecule is CC#CC(C)C.C[C-]=C(C)C(C)C.[Y]. The van der Waals surface area contributed by atoms with Crippen LogP contribution in [0.15, 0.2) is 5.57 Å². The Balaban J connectivity index is -0.000000163. The molecule has 0 nitrogen and oxygen atoms in total. The van der Waals surface area contributed by atoms with Gasteiger partial charge in [-0.15, -0.1) is 11.8 Å². The van der Waals surface area contributed by atoms with Gasteiger partial charge in [-0.05, 0) is 6.92 Å². The van der Waals surface area contributed by atoms with Gasteiger partial charge in [0.25, 0.3) is 0 Å². The minimum absolute atomic E-state index is 0. The molecule has 1 radical (unpaired) electrons. The van der Waals surface area contributed by atoms with E-state index in [1.165, 1.54) is 5.57 Å². The van der Waals surface area contributed by atoms with Crippen LogP contribution in [0.1, 0.15) is 48.5 Å². The van der Waals surface area contributed by atoms with Gasteiger partial charge in [-0.1, -0.05) is 40.5 Å². The van der Waals surface area contributed by atoms with Gasteiger partial charge in [-0.25, -0.2) is 0 Å². The van der Waals surface area contributed by atoms with E-state index in [2.05, 4.69) is 52.5 Å². The Kier molecular flexibility index (Phi) is 19.1. The van der Waals surface area contributed by atoms with E-state index in [0.29, 0.717) is 11.8 Å². The predicted octanol–water partition coefficient (Wildman–Crippen LogP) is 4.07. The molecule has 79 valence electrons. The van der Waals surface area contributed by atoms with E-state index in [9.17, 15) is 0 Å². The van der Waals surface area contributed by atoms with Crippen LogP contribution in [-0.4, -0.2) is 0 Å². The van der Waals surface area contributed by atoms with Crippen molar-refractivity contribution in [1.29, 1.82) is 0 Å². The van der Waals surface area contributed by atoms with Crippen LogP contribution in [0.4, 0.5) is 0 Å². The number of hydrogen-bond donors (Lipinski definition) is 0. The third-order valence-electron chi connectivity index (χ3n) is 1.69. The second-order valence-electron chi connectivity index (χ2n) is 3.64. The standard InChI is InChI=1S/C7H13.C6H10.Y/c1-5-7(4)6(2)3;1-4-5-6(2)3;/h6H,1-4H3;6H,1-3H3;/q-1;;. The number of rotatable bonds is 1. The molecule has 0 bridgehead atoms. The molecule has 14 heavy (non-hydrogen) atoms. The molecule has 0 saturated heterocycles. The van der Waals surface area contributed by atoms with Crippen LogP contribution in [0.5, 0.6) is 0 Å². The Morgan fingerprint density at radius 2 is 1.57 bits per heavy atom. The number of allylic oxidation sites excluding steroid dienone is 2. The first-order chi connectivity index (χ1) is 5.95. The Morgan fingerprint density at radius 1 is 1.14 bits per heavy atom. The third-order valence-corrected chi connectivity index (χ3v) is 1.69. The van der Waals surface area contributed by atoms with Crippen molar-refractivity contribution in [2.24, 2.45) is 11.8 Å². The summed E-state index contributed by atoms with van der Waals surface area (Å²) in [5.74, 6) is 6.98. The van der Waals surface area contributed by atoms with Crippen LogP contribution in [0.2, 0.25) is 0 Å². The van der Waals surface area contributed by atoms with Crippen molar-refractivity contribution in [3.63, 3.8) is 0 Å². The zero-order chi connectivity index (χ0) is 10.9. The molecular formula is C13H23Y-. The van der Waals surface area contributed by atoms with Crippen molar-refractivity contribution in [2.75, 3.05) is 0 Å². The minimum Gasteiger partial charge on any atom is -0.500 e. The molecule has 0 N–H and O–H groups in total. The van der Waals surface area contributed by atoms with Gasteiger partial charge in [0.2, 0.25) is 0 Å². The molecule has 0 aromatic carbocycles. The summed E-state index contributed by atoms with van der Waals surface area (Å²) >= 11 is 0. The maximum Gasteiger partial charge on any atom is 0.0146 e. The molecule has 0 aliphatic rings. The van der Waals surface area contributed by atoms with Crippen molar-refractivity contribution in [3.8, 4) is 11.8 Å². The molecule has 0 spiro atoms. The molecule has 0 aromatic rings. The van der Waals surface area contributed by atoms with Crippen molar-refractivity contribution in [3.05, 3.63) is 11.6 Å². The van der Waals surface area contributed by atoms with E-state index in [1.807, 2.05) is 13.8 Å². The van der Waals surface area contributed by atoms with Crippen molar-refractivity contribution >= 4 is 0 Å². The van der Waals surface area contributed by atoms with Gasteiger partial charge in [0.1, 0.15) is 0 Å². The van der Waals surface area contributed by atoms with E-state index >= 15 is 0 Å². The quantitative estimate of drug-likeness (QED) is 0.496. The van der Waals surface area contributed by atoms with E-state index in [1.54, 1.807) is 0 Å². The Hall–Kier alpha value is 0.404. The van der Waals surface area contributed by atoms with Gasteiger partial charge < -0.3 is 6.08 Å². The van der Waals surface area contributed by atoms with E-state index < -0.39 is 0 Å². The zero-order valence-corrected chi connectivity index (χ0v) is 13.6. The van der Waals surface area contributed by atoms with Crippen LogP contribution < -0.4 is 0 Å². The molecule has 1 heteroatoms. The van der Waals surface area contributed by atoms with Gasteiger partial charge in [0, 0.05) is 38.6 Å². The largest absolute Gasteiger partial charge is 0.500 e. The van der Waals surface area contributed by atoms with Crippen LogP contribution in [0.25, 0.3) is 0 Å². The summed E-state index contributed by atoms with van der Waals surface area (Å²) in [7, 11) is 0. The Bertz CT molecular complexity index is 189. The fourth-order valence-corrected chi connectivity index (χ4v) is 0.577. The van der Waals surface area contributed by atoms with Crippen LogP contribution in [0.3, 0.4) is 0 Å². The maximum absolute atomic E-state index is 3.08. The monoisotopic (exact) mass is 268 g/mol. The van der Waals surface area contributed by atoms with Crippen LogP contribution in [0, 0.1) is 29.8 Å². The summed E-state index contributed by atoms with van der Waals surface area (Å²) in [6, 6.07) is 0. The maximum atomic E-state index is 3.08. The van der Waals surface area contributed by atoms with Crippen LogP contribution in [-0.2, 0) is 32.7 Å². The molecule has 0 aliphatic carbocycles. The van der Waals surface area contributed by atoms with Gasteiger partial charge in [0.05, 0.1) is 0 Å². The van der Waals surface area contributed by atoms with Crippen molar-refractivity contribution in [2.45, 2.75) is 48.5 Å². The van der Waals surface area contributed by atoms with Crippen LogP contribution >= 0.6 is 0 Å². The van der Waals surface area contributed by atoms with Gasteiger partial charge in [-0.2, -0.15) is 6.92 Å². The summed E-state index contributed by atoms with van der Waals surface area (Å²) in [6.45, 7) is 14.4. The van der Waals surface area contributed by atoms with Crippen molar-refractivity contribution < 1.29 is 32.7 Å². The third kappa shape index (κ3) is 18.2. The topological polar surface area (TPSA) is 0 Å². The van der Waals surface area contributed by atoms with Gasteiger partial charge in [0.15, 0.2) is 0 Å². The zero-order valence-electron chi connectivity index (χ0n) is 10.7. The molecule has 0 rings (SSSR count). The number of hydrogen-bond acceptors (Lipinski definition) is 0. The summed E-state index contributed by atoms with van der Waals surface area (Å²) in [4.78, 5) is 0. The first-order valence-electron chi connectivity index (χ1n) is 4.89. The van der Waals surface area contributed by atoms with E-state index in [-0.39, 0.29) is 32.7 Å². The predicted molar refractivity (Wildman–Crippen MR) is 61.2 cm³/mol. The summed E-state index contributed by atoms with van der Waals surface area (Å²) in [5, 5.41) is 0. The second kappa shape index (κ2) is 13.4. The Labute approximate surface area is 116 Å². The Morgan fingerprint density at radius 3 is 1.57 bits per heavy atom. The molecule has 0 saturated carbocycles. The summed E-state index contributed by atoms with van der Waals surface area (Å²) in [6.07, 6.45) is 3.08. The summed E-state index contributed by atoms with van der Waals surface area (Å²) in [5.41, 5.74) is 1.35. The average Bonchev–Trinajstić information content (AvgIpc) is 2.03. The van der Waals surface area contributed by atoms with E-state index in [0.717, 1.165) is 0 Å².